The Morgan fingerprint density at radius 3 is 2.58 bits per heavy atom. The molecule has 0 bridgehead atoms. The Morgan fingerprint density at radius 1 is 1.00 bits per heavy atom. The van der Waals surface area contributed by atoms with Crippen LogP contribution in [0.15, 0.2) is 42.5 Å². The van der Waals surface area contributed by atoms with E-state index < -0.39 is 0 Å². The average molecular weight is 420 g/mol. The van der Waals surface area contributed by atoms with E-state index in [4.69, 9.17) is 9.47 Å². The molecule has 31 heavy (non-hydrogen) atoms. The second-order valence-electron chi connectivity index (χ2n) is 8.42. The fourth-order valence-corrected chi connectivity index (χ4v) is 5.08. The van der Waals surface area contributed by atoms with Crippen LogP contribution < -0.4 is 9.47 Å². The van der Waals surface area contributed by atoms with E-state index in [1.807, 2.05) is 12.1 Å². The van der Waals surface area contributed by atoms with Gasteiger partial charge in [-0.25, -0.2) is 4.68 Å². The van der Waals surface area contributed by atoms with Crippen LogP contribution in [0.4, 0.5) is 0 Å². The van der Waals surface area contributed by atoms with Crippen LogP contribution in [0.25, 0.3) is 0 Å². The highest BCUT2D eigenvalue weighted by atomic mass is 16.5. The van der Waals surface area contributed by atoms with Crippen molar-refractivity contribution in [2.24, 2.45) is 0 Å². The lowest BCUT2D eigenvalue weighted by Gasteiger charge is -2.36. The second-order valence-corrected chi connectivity index (χ2v) is 8.42. The monoisotopic (exact) mass is 419 g/mol. The maximum Gasteiger partial charge on any atom is 0.173 e. The third-order valence-electron chi connectivity index (χ3n) is 6.69. The number of ether oxygens (including phenoxy) is 2. The first kappa shape index (κ1) is 20.0. The van der Waals surface area contributed by atoms with Gasteiger partial charge in [-0.2, -0.15) is 0 Å². The second kappa shape index (κ2) is 8.67. The molecule has 1 aromatic heterocycles. The molecule has 1 aliphatic heterocycles. The minimum atomic E-state index is -0.117. The highest BCUT2D eigenvalue weighted by Gasteiger charge is 2.34. The molecule has 0 amide bonds. The lowest BCUT2D eigenvalue weighted by Crippen LogP contribution is -2.36. The van der Waals surface area contributed by atoms with Crippen LogP contribution in [0.1, 0.15) is 60.3 Å². The number of rotatable bonds is 6. The van der Waals surface area contributed by atoms with E-state index in [0.717, 1.165) is 55.2 Å². The summed E-state index contributed by atoms with van der Waals surface area (Å²) in [5.41, 5.74) is 3.82. The molecule has 3 aromatic rings. The molecular formula is C24H29N5O2. The van der Waals surface area contributed by atoms with Crippen molar-refractivity contribution in [3.63, 3.8) is 0 Å². The van der Waals surface area contributed by atoms with Crippen molar-refractivity contribution in [1.82, 2.24) is 25.1 Å². The van der Waals surface area contributed by atoms with E-state index in [2.05, 4.69) is 55.4 Å². The van der Waals surface area contributed by atoms with Crippen LogP contribution in [0, 0.1) is 0 Å². The van der Waals surface area contributed by atoms with Crippen molar-refractivity contribution in [2.45, 2.75) is 50.7 Å². The van der Waals surface area contributed by atoms with Crippen molar-refractivity contribution in [3.8, 4) is 11.5 Å². The first-order valence-corrected chi connectivity index (χ1v) is 11.1. The van der Waals surface area contributed by atoms with Gasteiger partial charge in [0, 0.05) is 18.7 Å². The zero-order valence-electron chi connectivity index (χ0n) is 18.2. The Balaban J connectivity index is 1.62. The fourth-order valence-electron chi connectivity index (χ4n) is 5.08. The van der Waals surface area contributed by atoms with Gasteiger partial charge in [0.05, 0.1) is 20.3 Å². The number of nitrogens with zero attached hydrogens (tertiary/aromatic N) is 5. The summed E-state index contributed by atoms with van der Waals surface area (Å²) in [5.74, 6) is 2.52. The van der Waals surface area contributed by atoms with Crippen molar-refractivity contribution in [1.29, 1.82) is 0 Å². The number of hydrogen-bond acceptors (Lipinski definition) is 6. The maximum atomic E-state index is 5.79. The molecule has 0 N–H and O–H groups in total. The molecule has 1 saturated carbocycles. The van der Waals surface area contributed by atoms with Gasteiger partial charge in [-0.1, -0.05) is 37.1 Å². The zero-order chi connectivity index (χ0) is 21.2. The van der Waals surface area contributed by atoms with E-state index in [-0.39, 0.29) is 6.04 Å². The summed E-state index contributed by atoms with van der Waals surface area (Å²) in [7, 11) is 3.41. The Morgan fingerprint density at radius 2 is 1.81 bits per heavy atom. The number of hydrogen-bond donors (Lipinski definition) is 0. The first-order chi connectivity index (χ1) is 15.3. The number of benzene rings is 2. The molecule has 0 saturated heterocycles. The van der Waals surface area contributed by atoms with Crippen molar-refractivity contribution in [3.05, 3.63) is 65.0 Å². The summed E-state index contributed by atoms with van der Waals surface area (Å²) in [6.07, 6.45) is 5.72. The largest absolute Gasteiger partial charge is 0.497 e. The van der Waals surface area contributed by atoms with Gasteiger partial charge in [0.25, 0.3) is 0 Å². The van der Waals surface area contributed by atoms with E-state index in [1.54, 1.807) is 14.2 Å². The lowest BCUT2D eigenvalue weighted by atomic mass is 9.95. The predicted molar refractivity (Wildman–Crippen MR) is 117 cm³/mol. The first-order valence-electron chi connectivity index (χ1n) is 11.1. The van der Waals surface area contributed by atoms with Crippen molar-refractivity contribution < 1.29 is 9.47 Å². The Kier molecular flexibility index (Phi) is 5.59. The normalized spacial score (nSPS) is 18.0. The summed E-state index contributed by atoms with van der Waals surface area (Å²) in [4.78, 5) is 2.47. The topological polar surface area (TPSA) is 65.3 Å². The van der Waals surface area contributed by atoms with Gasteiger partial charge in [-0.3, -0.25) is 4.90 Å². The molecule has 1 atom stereocenters. The molecule has 162 valence electrons. The van der Waals surface area contributed by atoms with E-state index in [9.17, 15) is 0 Å². The zero-order valence-corrected chi connectivity index (χ0v) is 18.2. The van der Waals surface area contributed by atoms with Gasteiger partial charge < -0.3 is 9.47 Å². The number of fused-ring (bicyclic) bond motifs is 1. The summed E-state index contributed by atoms with van der Waals surface area (Å²) in [6.45, 7) is 1.78. The summed E-state index contributed by atoms with van der Waals surface area (Å²) in [5, 5.41) is 13.1. The number of aromatic nitrogens is 4. The average Bonchev–Trinajstić information content (AvgIpc) is 3.51. The third kappa shape index (κ3) is 3.78. The molecule has 7 heteroatoms. The van der Waals surface area contributed by atoms with Crippen LogP contribution in [-0.2, 0) is 13.0 Å². The summed E-state index contributed by atoms with van der Waals surface area (Å²) in [6, 6.07) is 14.9. The van der Waals surface area contributed by atoms with E-state index in [1.165, 1.54) is 24.0 Å². The molecule has 2 aromatic carbocycles. The molecule has 0 spiro atoms. The summed E-state index contributed by atoms with van der Waals surface area (Å²) < 4.78 is 13.4. The fraction of sp³-hybridized carbons (Fsp3) is 0.458. The molecule has 1 aliphatic carbocycles. The van der Waals surface area contributed by atoms with Crippen LogP contribution in [0.5, 0.6) is 11.5 Å². The molecule has 5 rings (SSSR count). The maximum absolute atomic E-state index is 5.79. The Hall–Kier alpha value is -2.93. The quantitative estimate of drug-likeness (QED) is 0.603. The highest BCUT2D eigenvalue weighted by molar-refractivity contribution is 5.45. The highest BCUT2D eigenvalue weighted by Crippen LogP contribution is 2.40. The molecule has 1 unspecified atom stereocenters. The SMILES string of the molecule is COc1ccc(OC)c(C(c2nnnn2C2CCCC2)N2CCc3ccccc3C2)c1. The minimum absolute atomic E-state index is 0.117. The van der Waals surface area contributed by atoms with Crippen LogP contribution in [0.3, 0.4) is 0 Å². The Bertz CT molecular complexity index is 1040. The molecule has 0 radical (unpaired) electrons. The molecule has 2 aliphatic rings. The number of tetrazole rings is 1. The van der Waals surface area contributed by atoms with E-state index >= 15 is 0 Å². The minimum Gasteiger partial charge on any atom is -0.497 e. The van der Waals surface area contributed by atoms with Crippen molar-refractivity contribution in [2.75, 3.05) is 20.8 Å². The molecule has 7 nitrogen and oxygen atoms in total. The smallest absolute Gasteiger partial charge is 0.173 e. The molecule has 2 heterocycles. The Labute approximate surface area is 183 Å². The van der Waals surface area contributed by atoms with Gasteiger partial charge in [0.1, 0.15) is 17.5 Å². The number of methoxy groups -OCH3 is 2. The standard InChI is InChI=1S/C24H29N5O2/c1-30-20-11-12-22(31-2)21(15-20)23(24-25-26-27-29(24)19-9-5-6-10-19)28-14-13-17-7-3-4-8-18(17)16-28/h3-4,7-8,11-12,15,19,23H,5-6,9-10,13-14,16H2,1-2H3. The van der Waals surface area contributed by atoms with Crippen LogP contribution >= 0.6 is 0 Å². The third-order valence-corrected chi connectivity index (χ3v) is 6.69. The summed E-state index contributed by atoms with van der Waals surface area (Å²) >= 11 is 0. The lowest BCUT2D eigenvalue weighted by molar-refractivity contribution is 0.188. The molecule has 1 fully saturated rings. The van der Waals surface area contributed by atoms with Crippen molar-refractivity contribution >= 4 is 0 Å². The van der Waals surface area contributed by atoms with E-state index in [0.29, 0.717) is 6.04 Å². The van der Waals surface area contributed by atoms with Gasteiger partial charge in [0.2, 0.25) is 0 Å². The van der Waals surface area contributed by atoms with Crippen LogP contribution in [-0.4, -0.2) is 45.9 Å². The van der Waals surface area contributed by atoms with Gasteiger partial charge in [0.15, 0.2) is 5.82 Å². The van der Waals surface area contributed by atoms with Gasteiger partial charge >= 0.3 is 0 Å². The van der Waals surface area contributed by atoms with Gasteiger partial charge in [-0.05, 0) is 59.0 Å². The van der Waals surface area contributed by atoms with Crippen LogP contribution in [0.2, 0.25) is 0 Å². The predicted octanol–water partition coefficient (Wildman–Crippen LogP) is 3.95. The van der Waals surface area contributed by atoms with Gasteiger partial charge in [-0.15, -0.1) is 5.10 Å². The molecular weight excluding hydrogens is 390 g/mol.